The Morgan fingerprint density at radius 2 is 1.33 bits per heavy atom. The van der Waals surface area contributed by atoms with Gasteiger partial charge >= 0.3 is 24.3 Å². The number of alkyl halides is 6. The van der Waals surface area contributed by atoms with Crippen LogP contribution in [-0.2, 0) is 10.3 Å². The molecule has 0 bridgehead atoms. The molecule has 0 aliphatic carbocycles. The lowest BCUT2D eigenvalue weighted by Crippen LogP contribution is -2.54. The normalized spacial score (nSPS) is 16.0. The fraction of sp³-hybridized carbons (Fsp3) is 0.273. The van der Waals surface area contributed by atoms with Crippen molar-refractivity contribution in [3.05, 3.63) is 34.9 Å². The number of ether oxygens (including phenoxy) is 1. The van der Waals surface area contributed by atoms with Gasteiger partial charge in [-0.05, 0) is 12.1 Å². The van der Waals surface area contributed by atoms with Crippen LogP contribution in [0.2, 0.25) is 0 Å². The van der Waals surface area contributed by atoms with E-state index in [-0.39, 0.29) is 12.1 Å². The zero-order valence-corrected chi connectivity index (χ0v) is 9.67. The van der Waals surface area contributed by atoms with E-state index in [1.54, 1.807) is 0 Å². The van der Waals surface area contributed by atoms with E-state index in [1.165, 1.54) is 0 Å². The summed E-state index contributed by atoms with van der Waals surface area (Å²) in [5, 5.41) is 9.15. The highest BCUT2D eigenvalue weighted by Crippen LogP contribution is 2.50. The molecule has 0 saturated heterocycles. The average molecular weight is 314 g/mol. The van der Waals surface area contributed by atoms with Gasteiger partial charge in [0.05, 0.1) is 11.1 Å². The molecule has 1 aromatic rings. The maximum absolute atomic E-state index is 12.7. The lowest BCUT2D eigenvalue weighted by atomic mass is 9.90. The van der Waals surface area contributed by atoms with Crippen LogP contribution in [0.1, 0.15) is 26.3 Å². The third-order valence-electron chi connectivity index (χ3n) is 2.88. The third-order valence-corrected chi connectivity index (χ3v) is 2.88. The molecule has 4 nitrogen and oxygen atoms in total. The van der Waals surface area contributed by atoms with Gasteiger partial charge in [-0.25, -0.2) is 9.59 Å². The van der Waals surface area contributed by atoms with E-state index in [0.717, 1.165) is 0 Å². The highest BCUT2D eigenvalue weighted by molar-refractivity contribution is 6.14. The second-order valence-corrected chi connectivity index (χ2v) is 4.14. The number of cyclic esters (lactones) is 2. The van der Waals surface area contributed by atoms with E-state index < -0.39 is 46.6 Å². The predicted octanol–water partition coefficient (Wildman–Crippen LogP) is 2.31. The van der Waals surface area contributed by atoms with E-state index >= 15 is 0 Å². The summed E-state index contributed by atoms with van der Waals surface area (Å²) >= 11 is 0. The van der Waals surface area contributed by atoms with Gasteiger partial charge in [-0.2, -0.15) is 26.3 Å². The van der Waals surface area contributed by atoms with Crippen molar-refractivity contribution in [1.29, 1.82) is 0 Å². The number of carbonyl (C=O) groups is 2. The van der Waals surface area contributed by atoms with Crippen LogP contribution in [0.25, 0.3) is 0 Å². The Balaban J connectivity index is 2.68. The summed E-state index contributed by atoms with van der Waals surface area (Å²) in [5.41, 5.74) is -8.05. The molecule has 0 unspecified atom stereocenters. The summed E-state index contributed by atoms with van der Waals surface area (Å²) in [7, 11) is 0. The Morgan fingerprint density at radius 3 is 1.81 bits per heavy atom. The smallest absolute Gasteiger partial charge is 0.386 e. The lowest BCUT2D eigenvalue weighted by molar-refractivity contribution is -0.376. The summed E-state index contributed by atoms with van der Waals surface area (Å²) in [6, 6.07) is 0.962. The fourth-order valence-corrected chi connectivity index (χ4v) is 1.80. The van der Waals surface area contributed by atoms with Gasteiger partial charge < -0.3 is 9.84 Å². The molecule has 1 aliphatic heterocycles. The van der Waals surface area contributed by atoms with Gasteiger partial charge in [0.2, 0.25) is 0 Å². The van der Waals surface area contributed by atoms with Gasteiger partial charge in [0.15, 0.2) is 0 Å². The predicted molar refractivity (Wildman–Crippen MR) is 52.2 cm³/mol. The number of fused-ring (bicyclic) bond motifs is 1. The van der Waals surface area contributed by atoms with Crippen LogP contribution in [0.15, 0.2) is 18.2 Å². The van der Waals surface area contributed by atoms with Crippen molar-refractivity contribution in [1.82, 2.24) is 0 Å². The topological polar surface area (TPSA) is 63.6 Å². The Bertz CT molecular complexity index is 617. The average Bonchev–Trinajstić information content (AvgIpc) is 2.61. The molecule has 0 saturated carbocycles. The van der Waals surface area contributed by atoms with Gasteiger partial charge in [0, 0.05) is 5.56 Å². The summed E-state index contributed by atoms with van der Waals surface area (Å²) in [6.45, 7) is 0. The van der Waals surface area contributed by atoms with E-state index in [9.17, 15) is 35.9 Å². The van der Waals surface area contributed by atoms with Gasteiger partial charge in [-0.15, -0.1) is 0 Å². The Morgan fingerprint density at radius 1 is 0.857 bits per heavy atom. The zero-order valence-electron chi connectivity index (χ0n) is 9.67. The second kappa shape index (κ2) is 4.20. The highest BCUT2D eigenvalue weighted by Gasteiger charge is 2.71. The SMILES string of the molecule is O=C1OC(=O)c2cc(C(O)(C(F)(F)F)C(F)(F)F)ccc21. The maximum atomic E-state index is 12.7. The van der Waals surface area contributed by atoms with E-state index in [0.29, 0.717) is 6.07 Å². The van der Waals surface area contributed by atoms with Crippen molar-refractivity contribution in [2.24, 2.45) is 0 Å². The molecule has 1 aliphatic rings. The molecule has 0 aromatic heterocycles. The first-order valence-corrected chi connectivity index (χ1v) is 5.16. The molecule has 0 fully saturated rings. The van der Waals surface area contributed by atoms with Gasteiger partial charge in [0.25, 0.3) is 5.60 Å². The van der Waals surface area contributed by atoms with Crippen molar-refractivity contribution < 1.29 is 45.8 Å². The molecule has 0 spiro atoms. The minimum Gasteiger partial charge on any atom is -0.386 e. The molecule has 2 rings (SSSR count). The standard InChI is InChI=1S/C11H4F6O4/c12-10(13,14)9(20,11(15,16)17)4-1-2-5-6(3-4)8(19)21-7(5)18/h1-3,20H. The Kier molecular flexibility index (Phi) is 3.06. The Labute approximate surface area is 111 Å². The monoisotopic (exact) mass is 314 g/mol. The van der Waals surface area contributed by atoms with Crippen LogP contribution in [0.3, 0.4) is 0 Å². The second-order valence-electron chi connectivity index (χ2n) is 4.14. The molecule has 0 radical (unpaired) electrons. The minimum atomic E-state index is -6.08. The first-order chi connectivity index (χ1) is 9.39. The minimum absolute atomic E-state index is 0.142. The van der Waals surface area contributed by atoms with Crippen LogP contribution < -0.4 is 0 Å². The van der Waals surface area contributed by atoms with E-state index in [4.69, 9.17) is 5.11 Å². The molecular weight excluding hydrogens is 310 g/mol. The number of esters is 2. The van der Waals surface area contributed by atoms with Crippen LogP contribution in [0, 0.1) is 0 Å². The summed E-state index contributed by atoms with van der Waals surface area (Å²) in [6.07, 6.45) is -12.2. The third kappa shape index (κ3) is 2.06. The summed E-state index contributed by atoms with van der Waals surface area (Å²) in [5.74, 6) is -2.58. The molecule has 0 atom stereocenters. The first-order valence-electron chi connectivity index (χ1n) is 5.16. The molecule has 114 valence electrons. The van der Waals surface area contributed by atoms with Gasteiger partial charge in [-0.3, -0.25) is 0 Å². The highest BCUT2D eigenvalue weighted by atomic mass is 19.4. The molecule has 10 heteroatoms. The number of aliphatic hydroxyl groups is 1. The maximum Gasteiger partial charge on any atom is 0.430 e. The van der Waals surface area contributed by atoms with Gasteiger partial charge in [-0.1, -0.05) is 6.07 Å². The van der Waals surface area contributed by atoms with Crippen molar-refractivity contribution in [3.8, 4) is 0 Å². The number of halogens is 6. The van der Waals surface area contributed by atoms with Crippen LogP contribution in [-0.4, -0.2) is 29.4 Å². The van der Waals surface area contributed by atoms with Crippen molar-refractivity contribution in [2.45, 2.75) is 18.0 Å². The fourth-order valence-electron chi connectivity index (χ4n) is 1.80. The quantitative estimate of drug-likeness (QED) is 0.491. The van der Waals surface area contributed by atoms with Crippen LogP contribution >= 0.6 is 0 Å². The molecule has 1 aromatic carbocycles. The number of carbonyl (C=O) groups excluding carboxylic acids is 2. The Hall–Kier alpha value is -2.10. The van der Waals surface area contributed by atoms with Crippen molar-refractivity contribution in [2.75, 3.05) is 0 Å². The number of benzene rings is 1. The van der Waals surface area contributed by atoms with E-state index in [2.05, 4.69) is 4.74 Å². The number of hydrogen-bond donors (Lipinski definition) is 1. The van der Waals surface area contributed by atoms with Crippen LogP contribution in [0.4, 0.5) is 26.3 Å². The first kappa shape index (κ1) is 15.3. The zero-order chi connectivity index (χ0) is 16.2. The van der Waals surface area contributed by atoms with Crippen molar-refractivity contribution in [3.63, 3.8) is 0 Å². The summed E-state index contributed by atoms with van der Waals surface area (Å²) < 4.78 is 80.0. The van der Waals surface area contributed by atoms with Crippen LogP contribution in [0.5, 0.6) is 0 Å². The molecule has 1 N–H and O–H groups in total. The summed E-state index contributed by atoms with van der Waals surface area (Å²) in [4.78, 5) is 22.2. The number of rotatable bonds is 1. The molecular formula is C11H4F6O4. The van der Waals surface area contributed by atoms with Crippen molar-refractivity contribution >= 4 is 11.9 Å². The van der Waals surface area contributed by atoms with E-state index in [1.807, 2.05) is 0 Å². The molecule has 0 amide bonds. The molecule has 1 heterocycles. The molecule has 21 heavy (non-hydrogen) atoms. The largest absolute Gasteiger partial charge is 0.430 e. The lowest BCUT2D eigenvalue weighted by Gasteiger charge is -2.32. The number of hydrogen-bond acceptors (Lipinski definition) is 4. The van der Waals surface area contributed by atoms with Gasteiger partial charge in [0.1, 0.15) is 0 Å².